The first-order valence-corrected chi connectivity index (χ1v) is 7.16. The van der Waals surface area contributed by atoms with Gasteiger partial charge in [-0.3, -0.25) is 0 Å². The summed E-state index contributed by atoms with van der Waals surface area (Å²) in [4.78, 5) is 11.3. The van der Waals surface area contributed by atoms with Gasteiger partial charge in [0, 0.05) is 24.3 Å². The maximum absolute atomic E-state index is 9.53. The number of aliphatic hydroxyl groups is 1. The molecule has 1 aromatic heterocycles. The molecule has 1 aliphatic rings. The summed E-state index contributed by atoms with van der Waals surface area (Å²) in [6.45, 7) is 5.86. The zero-order chi connectivity index (χ0) is 12.4. The molecule has 1 aliphatic heterocycles. The number of piperidine rings is 1. The highest BCUT2D eigenvalue weighted by atomic mass is 32.2. The van der Waals surface area contributed by atoms with Gasteiger partial charge in [-0.2, -0.15) is 0 Å². The van der Waals surface area contributed by atoms with Gasteiger partial charge in [-0.1, -0.05) is 11.8 Å². The first kappa shape index (κ1) is 12.6. The lowest BCUT2D eigenvalue weighted by Gasteiger charge is -2.31. The predicted octanol–water partition coefficient (Wildman–Crippen LogP) is 1.78. The summed E-state index contributed by atoms with van der Waals surface area (Å²) in [7, 11) is 0. The van der Waals surface area contributed by atoms with E-state index in [9.17, 15) is 5.11 Å². The van der Waals surface area contributed by atoms with Gasteiger partial charge in [-0.05, 0) is 32.9 Å². The van der Waals surface area contributed by atoms with Crippen LogP contribution in [0.5, 0.6) is 0 Å². The van der Waals surface area contributed by atoms with Crippen LogP contribution in [0.2, 0.25) is 0 Å². The topological polar surface area (TPSA) is 49.2 Å². The molecule has 0 saturated carbocycles. The minimum absolute atomic E-state index is 0.144. The van der Waals surface area contributed by atoms with E-state index in [4.69, 9.17) is 0 Å². The molecule has 1 saturated heterocycles. The monoisotopic (exact) mass is 253 g/mol. The first-order chi connectivity index (χ1) is 8.11. The normalized spacial score (nSPS) is 17.5. The molecule has 0 aromatic carbocycles. The molecule has 0 unspecified atom stereocenters. The van der Waals surface area contributed by atoms with Crippen LogP contribution in [0.1, 0.15) is 24.1 Å². The molecule has 4 nitrogen and oxygen atoms in total. The number of hydrogen-bond donors (Lipinski definition) is 1. The quantitative estimate of drug-likeness (QED) is 0.643. The van der Waals surface area contributed by atoms with Crippen LogP contribution in [0.3, 0.4) is 0 Å². The van der Waals surface area contributed by atoms with Crippen molar-refractivity contribution in [2.75, 3.05) is 24.2 Å². The summed E-state index contributed by atoms with van der Waals surface area (Å²) < 4.78 is 0. The Balaban J connectivity index is 2.27. The van der Waals surface area contributed by atoms with E-state index in [2.05, 4.69) is 21.8 Å². The standard InChI is InChI=1S/C12H19N3OS/c1-8-9(2)13-12(17-3)14-11(8)15-6-4-10(16)5-7-15/h10,16H,4-7H2,1-3H3. The number of rotatable bonds is 2. The molecule has 17 heavy (non-hydrogen) atoms. The molecule has 5 heteroatoms. The molecule has 1 N–H and O–H groups in total. The maximum atomic E-state index is 9.53. The third kappa shape index (κ3) is 2.72. The smallest absolute Gasteiger partial charge is 0.189 e. The van der Waals surface area contributed by atoms with E-state index in [-0.39, 0.29) is 6.10 Å². The van der Waals surface area contributed by atoms with Crippen molar-refractivity contribution in [1.82, 2.24) is 9.97 Å². The second-order valence-electron chi connectivity index (χ2n) is 4.46. The van der Waals surface area contributed by atoms with E-state index < -0.39 is 0 Å². The third-order valence-corrected chi connectivity index (χ3v) is 3.84. The lowest BCUT2D eigenvalue weighted by Crippen LogP contribution is -2.37. The van der Waals surface area contributed by atoms with Gasteiger partial charge in [-0.15, -0.1) is 0 Å². The van der Waals surface area contributed by atoms with Gasteiger partial charge in [0.05, 0.1) is 6.10 Å². The number of anilines is 1. The first-order valence-electron chi connectivity index (χ1n) is 5.94. The average molecular weight is 253 g/mol. The van der Waals surface area contributed by atoms with E-state index in [0.29, 0.717) is 0 Å². The molecule has 1 aromatic rings. The lowest BCUT2D eigenvalue weighted by molar-refractivity contribution is 0.145. The summed E-state index contributed by atoms with van der Waals surface area (Å²) in [5, 5.41) is 10.4. The minimum atomic E-state index is -0.144. The summed E-state index contributed by atoms with van der Waals surface area (Å²) in [6.07, 6.45) is 3.51. The second-order valence-corrected chi connectivity index (χ2v) is 5.24. The van der Waals surface area contributed by atoms with Gasteiger partial charge >= 0.3 is 0 Å². The van der Waals surface area contributed by atoms with Crippen molar-refractivity contribution in [1.29, 1.82) is 0 Å². The number of thioether (sulfide) groups is 1. The molecular formula is C12H19N3OS. The van der Waals surface area contributed by atoms with Gasteiger partial charge < -0.3 is 10.0 Å². The van der Waals surface area contributed by atoms with Crippen LogP contribution in [0.4, 0.5) is 5.82 Å². The Kier molecular flexibility index (Phi) is 3.89. The molecular weight excluding hydrogens is 234 g/mol. The summed E-state index contributed by atoms with van der Waals surface area (Å²) in [5.74, 6) is 1.04. The SMILES string of the molecule is CSc1nc(C)c(C)c(N2CCC(O)CC2)n1. The molecule has 2 rings (SSSR count). The van der Waals surface area contributed by atoms with Gasteiger partial charge in [0.1, 0.15) is 5.82 Å². The molecule has 0 bridgehead atoms. The number of aromatic nitrogens is 2. The van der Waals surface area contributed by atoms with Crippen LogP contribution in [-0.4, -0.2) is 40.5 Å². The van der Waals surface area contributed by atoms with Gasteiger partial charge in [0.15, 0.2) is 5.16 Å². The fraction of sp³-hybridized carbons (Fsp3) is 0.667. The predicted molar refractivity (Wildman–Crippen MR) is 70.7 cm³/mol. The Morgan fingerprint density at radius 3 is 2.47 bits per heavy atom. The van der Waals surface area contributed by atoms with E-state index in [1.54, 1.807) is 11.8 Å². The van der Waals surface area contributed by atoms with Crippen molar-refractivity contribution in [2.45, 2.75) is 37.9 Å². The highest BCUT2D eigenvalue weighted by molar-refractivity contribution is 7.98. The molecule has 0 aliphatic carbocycles. The van der Waals surface area contributed by atoms with Crippen molar-refractivity contribution in [3.05, 3.63) is 11.3 Å². The zero-order valence-electron chi connectivity index (χ0n) is 10.6. The largest absolute Gasteiger partial charge is 0.393 e. The van der Waals surface area contributed by atoms with E-state index in [0.717, 1.165) is 48.2 Å². The molecule has 0 radical (unpaired) electrons. The van der Waals surface area contributed by atoms with Crippen molar-refractivity contribution in [2.24, 2.45) is 0 Å². The molecule has 0 atom stereocenters. The van der Waals surface area contributed by atoms with E-state index >= 15 is 0 Å². The van der Waals surface area contributed by atoms with Crippen LogP contribution in [-0.2, 0) is 0 Å². The molecule has 2 heterocycles. The molecule has 94 valence electrons. The highest BCUT2D eigenvalue weighted by Gasteiger charge is 2.20. The Hall–Kier alpha value is -0.810. The fourth-order valence-corrected chi connectivity index (χ4v) is 2.47. The Morgan fingerprint density at radius 1 is 1.24 bits per heavy atom. The van der Waals surface area contributed by atoms with Gasteiger partial charge in [0.25, 0.3) is 0 Å². The number of aryl methyl sites for hydroxylation is 1. The Labute approximate surface area is 106 Å². The Morgan fingerprint density at radius 2 is 1.88 bits per heavy atom. The zero-order valence-corrected chi connectivity index (χ0v) is 11.4. The summed E-state index contributed by atoms with van der Waals surface area (Å²) >= 11 is 1.57. The van der Waals surface area contributed by atoms with Crippen molar-refractivity contribution < 1.29 is 5.11 Å². The van der Waals surface area contributed by atoms with Crippen LogP contribution in [0.15, 0.2) is 5.16 Å². The van der Waals surface area contributed by atoms with E-state index in [1.165, 1.54) is 0 Å². The maximum Gasteiger partial charge on any atom is 0.189 e. The highest BCUT2D eigenvalue weighted by Crippen LogP contribution is 2.25. The van der Waals surface area contributed by atoms with Crippen LogP contribution in [0.25, 0.3) is 0 Å². The van der Waals surface area contributed by atoms with E-state index in [1.807, 2.05) is 13.2 Å². The minimum Gasteiger partial charge on any atom is -0.393 e. The van der Waals surface area contributed by atoms with Crippen LogP contribution >= 0.6 is 11.8 Å². The summed E-state index contributed by atoms with van der Waals surface area (Å²) in [5.41, 5.74) is 2.20. The molecule has 0 amide bonds. The summed E-state index contributed by atoms with van der Waals surface area (Å²) in [6, 6.07) is 0. The van der Waals surface area contributed by atoms with Gasteiger partial charge in [-0.25, -0.2) is 9.97 Å². The van der Waals surface area contributed by atoms with Crippen LogP contribution < -0.4 is 4.90 Å². The molecule has 0 spiro atoms. The number of nitrogens with zero attached hydrogens (tertiary/aromatic N) is 3. The van der Waals surface area contributed by atoms with Crippen molar-refractivity contribution >= 4 is 17.6 Å². The second kappa shape index (κ2) is 5.23. The van der Waals surface area contributed by atoms with Crippen molar-refractivity contribution in [3.63, 3.8) is 0 Å². The van der Waals surface area contributed by atoms with Crippen LogP contribution in [0, 0.1) is 13.8 Å². The third-order valence-electron chi connectivity index (χ3n) is 3.29. The molecule has 1 fully saturated rings. The number of aliphatic hydroxyl groups excluding tert-OH is 1. The fourth-order valence-electron chi connectivity index (χ4n) is 2.07. The number of hydrogen-bond acceptors (Lipinski definition) is 5. The Bertz CT molecular complexity index is 403. The van der Waals surface area contributed by atoms with Gasteiger partial charge in [0.2, 0.25) is 0 Å². The van der Waals surface area contributed by atoms with Crippen molar-refractivity contribution in [3.8, 4) is 0 Å². The average Bonchev–Trinajstić information content (AvgIpc) is 2.34. The lowest BCUT2D eigenvalue weighted by atomic mass is 10.1.